The molecule has 182 valence electrons. The van der Waals surface area contributed by atoms with Crippen LogP contribution in [0.2, 0.25) is 0 Å². The van der Waals surface area contributed by atoms with E-state index in [1.54, 1.807) is 13.3 Å². The van der Waals surface area contributed by atoms with Gasteiger partial charge in [0.15, 0.2) is 11.5 Å². The average molecular weight is 466 g/mol. The normalized spacial score (nSPS) is 15.7. The fraction of sp³-hybridized carbons (Fsp3) is 0.444. The van der Waals surface area contributed by atoms with Crippen molar-refractivity contribution in [2.24, 2.45) is 0 Å². The Bertz CT molecular complexity index is 1010. The van der Waals surface area contributed by atoms with Crippen molar-refractivity contribution in [1.82, 2.24) is 14.5 Å². The topological polar surface area (TPSA) is 69.0 Å². The molecule has 34 heavy (non-hydrogen) atoms. The Morgan fingerprint density at radius 3 is 2.53 bits per heavy atom. The van der Waals surface area contributed by atoms with E-state index < -0.39 is 5.60 Å². The zero-order valence-corrected chi connectivity index (χ0v) is 20.2. The van der Waals surface area contributed by atoms with Crippen LogP contribution in [-0.2, 0) is 13.1 Å². The molecule has 0 saturated carbocycles. The van der Waals surface area contributed by atoms with E-state index in [-0.39, 0.29) is 0 Å². The van der Waals surface area contributed by atoms with Crippen LogP contribution < -0.4 is 14.2 Å². The summed E-state index contributed by atoms with van der Waals surface area (Å²) in [5.74, 6) is 2.32. The summed E-state index contributed by atoms with van der Waals surface area (Å²) in [6.45, 7) is 6.30. The highest BCUT2D eigenvalue weighted by molar-refractivity contribution is 5.43. The lowest BCUT2D eigenvalue weighted by Crippen LogP contribution is -2.47. The third-order valence-corrected chi connectivity index (χ3v) is 6.33. The molecular formula is C27H35N3O4. The van der Waals surface area contributed by atoms with E-state index >= 15 is 0 Å². The van der Waals surface area contributed by atoms with Crippen molar-refractivity contribution in [1.29, 1.82) is 0 Å². The summed E-state index contributed by atoms with van der Waals surface area (Å²) in [5.41, 5.74) is 1.58. The molecule has 0 radical (unpaired) electrons. The molecule has 1 N–H and O–H groups in total. The molecule has 1 aliphatic heterocycles. The molecule has 0 bridgehead atoms. The van der Waals surface area contributed by atoms with E-state index in [1.807, 2.05) is 54.3 Å². The van der Waals surface area contributed by atoms with Gasteiger partial charge in [0.1, 0.15) is 18.0 Å². The van der Waals surface area contributed by atoms with Gasteiger partial charge in [-0.15, -0.1) is 0 Å². The lowest BCUT2D eigenvalue weighted by atomic mass is 9.92. The van der Waals surface area contributed by atoms with Gasteiger partial charge in [-0.3, -0.25) is 4.90 Å². The zero-order chi connectivity index (χ0) is 23.8. The molecule has 0 amide bonds. The Kier molecular flexibility index (Phi) is 8.08. The standard InChI is InChI=1S/C27H35N3O4/c1-22-4-7-24(8-5-22)34-20-27(31)10-14-29(15-11-27)19-23-6-9-25(32-2)26(18-23)33-17-3-13-30-16-12-28-21-30/h4-9,12,16,18,21,31H,3,10-11,13-15,17,19-20H2,1-2H3. The van der Waals surface area contributed by atoms with E-state index in [0.717, 1.165) is 49.8 Å². The highest BCUT2D eigenvalue weighted by atomic mass is 16.5. The number of nitrogens with zero attached hydrogens (tertiary/aromatic N) is 3. The summed E-state index contributed by atoms with van der Waals surface area (Å²) in [5, 5.41) is 11.0. The second-order valence-corrected chi connectivity index (χ2v) is 9.09. The maximum atomic E-state index is 11.0. The maximum Gasteiger partial charge on any atom is 0.161 e. The van der Waals surface area contributed by atoms with Crippen molar-refractivity contribution < 1.29 is 19.3 Å². The highest BCUT2D eigenvalue weighted by Gasteiger charge is 2.33. The third kappa shape index (κ3) is 6.74. The molecule has 1 aliphatic rings. The summed E-state index contributed by atoms with van der Waals surface area (Å²) in [7, 11) is 1.66. The van der Waals surface area contributed by atoms with Crippen molar-refractivity contribution in [3.8, 4) is 17.2 Å². The van der Waals surface area contributed by atoms with Gasteiger partial charge in [-0.05, 0) is 56.0 Å². The molecule has 1 saturated heterocycles. The molecule has 2 aromatic carbocycles. The number of imidazole rings is 1. The minimum Gasteiger partial charge on any atom is -0.493 e. The molecule has 0 unspecified atom stereocenters. The second kappa shape index (κ2) is 11.4. The first-order chi connectivity index (χ1) is 16.5. The number of methoxy groups -OCH3 is 1. The molecule has 0 atom stereocenters. The molecule has 0 aliphatic carbocycles. The monoisotopic (exact) mass is 465 g/mol. The Morgan fingerprint density at radius 2 is 1.82 bits per heavy atom. The summed E-state index contributed by atoms with van der Waals surface area (Å²) in [4.78, 5) is 6.43. The van der Waals surface area contributed by atoms with Gasteiger partial charge in [0, 0.05) is 38.6 Å². The number of aromatic nitrogens is 2. The second-order valence-electron chi connectivity index (χ2n) is 9.09. The predicted molar refractivity (Wildman–Crippen MR) is 131 cm³/mol. The number of likely N-dealkylation sites (tertiary alicyclic amines) is 1. The van der Waals surface area contributed by atoms with Crippen LogP contribution in [0.1, 0.15) is 30.4 Å². The van der Waals surface area contributed by atoms with Gasteiger partial charge in [0.2, 0.25) is 0 Å². The third-order valence-electron chi connectivity index (χ3n) is 6.33. The van der Waals surface area contributed by atoms with Crippen LogP contribution in [-0.4, -0.2) is 58.6 Å². The van der Waals surface area contributed by atoms with Crippen LogP contribution in [0.15, 0.2) is 61.2 Å². The number of rotatable bonds is 11. The largest absolute Gasteiger partial charge is 0.493 e. The fourth-order valence-electron chi connectivity index (χ4n) is 4.16. The Hall–Kier alpha value is -3.03. The number of piperidine rings is 1. The summed E-state index contributed by atoms with van der Waals surface area (Å²) in [6.07, 6.45) is 7.81. The van der Waals surface area contributed by atoms with Gasteiger partial charge in [-0.25, -0.2) is 4.98 Å². The zero-order valence-electron chi connectivity index (χ0n) is 20.2. The van der Waals surface area contributed by atoms with Crippen LogP contribution in [0.4, 0.5) is 0 Å². The molecule has 3 aromatic rings. The molecule has 0 spiro atoms. The van der Waals surface area contributed by atoms with Crippen LogP contribution in [0.25, 0.3) is 0 Å². The van der Waals surface area contributed by atoms with Crippen molar-refractivity contribution in [2.45, 2.75) is 44.9 Å². The molecule has 4 rings (SSSR count). The first-order valence-corrected chi connectivity index (χ1v) is 11.9. The van der Waals surface area contributed by atoms with Gasteiger partial charge >= 0.3 is 0 Å². The molecule has 7 heteroatoms. The van der Waals surface area contributed by atoms with Crippen LogP contribution in [0, 0.1) is 6.92 Å². The van der Waals surface area contributed by atoms with E-state index in [9.17, 15) is 5.11 Å². The van der Waals surface area contributed by atoms with E-state index in [4.69, 9.17) is 14.2 Å². The quantitative estimate of drug-likeness (QED) is 0.431. The molecule has 1 aromatic heterocycles. The van der Waals surface area contributed by atoms with Crippen LogP contribution >= 0.6 is 0 Å². The summed E-state index contributed by atoms with van der Waals surface area (Å²) >= 11 is 0. The molecule has 7 nitrogen and oxygen atoms in total. The van der Waals surface area contributed by atoms with Gasteiger partial charge < -0.3 is 23.9 Å². The van der Waals surface area contributed by atoms with E-state index in [1.165, 1.54) is 11.1 Å². The highest BCUT2D eigenvalue weighted by Crippen LogP contribution is 2.30. The van der Waals surface area contributed by atoms with Crippen LogP contribution in [0.5, 0.6) is 17.2 Å². The van der Waals surface area contributed by atoms with Gasteiger partial charge in [-0.1, -0.05) is 23.8 Å². The van der Waals surface area contributed by atoms with Crippen LogP contribution in [0.3, 0.4) is 0 Å². The molecule has 1 fully saturated rings. The number of aliphatic hydroxyl groups is 1. The fourth-order valence-corrected chi connectivity index (χ4v) is 4.16. The Labute approximate surface area is 201 Å². The first-order valence-electron chi connectivity index (χ1n) is 11.9. The van der Waals surface area contributed by atoms with E-state index in [2.05, 4.69) is 22.0 Å². The number of ether oxygens (including phenoxy) is 3. The lowest BCUT2D eigenvalue weighted by molar-refractivity contribution is -0.0537. The SMILES string of the molecule is COc1ccc(CN2CCC(O)(COc3ccc(C)cc3)CC2)cc1OCCCn1ccnc1. The number of hydrogen-bond acceptors (Lipinski definition) is 6. The predicted octanol–water partition coefficient (Wildman–Crippen LogP) is 4.08. The van der Waals surface area contributed by atoms with Crippen molar-refractivity contribution >= 4 is 0 Å². The first kappa shape index (κ1) is 24.1. The number of aryl methyl sites for hydroxylation is 2. The minimum atomic E-state index is -0.787. The average Bonchev–Trinajstić information content (AvgIpc) is 3.37. The van der Waals surface area contributed by atoms with Gasteiger partial charge in [-0.2, -0.15) is 0 Å². The van der Waals surface area contributed by atoms with E-state index in [0.29, 0.717) is 26.1 Å². The molecule has 2 heterocycles. The maximum absolute atomic E-state index is 11.0. The van der Waals surface area contributed by atoms with Gasteiger partial charge in [0.25, 0.3) is 0 Å². The molecular weight excluding hydrogens is 430 g/mol. The lowest BCUT2D eigenvalue weighted by Gasteiger charge is -2.38. The minimum absolute atomic E-state index is 0.323. The Balaban J connectivity index is 1.25. The van der Waals surface area contributed by atoms with Crippen molar-refractivity contribution in [2.75, 3.05) is 33.4 Å². The summed E-state index contributed by atoms with van der Waals surface area (Å²) < 4.78 is 19.4. The number of hydrogen-bond donors (Lipinski definition) is 1. The van der Waals surface area contributed by atoms with Crippen molar-refractivity contribution in [3.05, 3.63) is 72.3 Å². The van der Waals surface area contributed by atoms with Crippen molar-refractivity contribution in [3.63, 3.8) is 0 Å². The summed E-state index contributed by atoms with van der Waals surface area (Å²) in [6, 6.07) is 14.1. The Morgan fingerprint density at radius 1 is 1.03 bits per heavy atom. The smallest absolute Gasteiger partial charge is 0.161 e. The van der Waals surface area contributed by atoms with Gasteiger partial charge in [0.05, 0.1) is 20.0 Å². The number of benzene rings is 2.